The number of alkyl halides is 1. The molecule has 0 saturated carbocycles. The molecule has 2 unspecified atom stereocenters. The minimum absolute atomic E-state index is 0.272. The summed E-state index contributed by atoms with van der Waals surface area (Å²) in [7, 11) is 1.94. The number of likely N-dealkylation sites (tertiary alicyclic amines) is 1. The second kappa shape index (κ2) is 9.75. The smallest absolute Gasteiger partial charge is 0.241 e. The van der Waals surface area contributed by atoms with Gasteiger partial charge >= 0.3 is 0 Å². The third kappa shape index (κ3) is 4.99. The Morgan fingerprint density at radius 2 is 2.17 bits per heavy atom. The molecule has 2 aromatic rings. The van der Waals surface area contributed by atoms with Crippen LogP contribution in [0.4, 0.5) is 10.3 Å². The number of rotatable bonds is 5. The molecule has 30 heavy (non-hydrogen) atoms. The number of allylic oxidation sites excluding steroid dienone is 3. The molecule has 1 fully saturated rings. The molecule has 0 spiro atoms. The van der Waals surface area contributed by atoms with Crippen molar-refractivity contribution in [3.05, 3.63) is 41.9 Å². The van der Waals surface area contributed by atoms with E-state index < -0.39 is 6.17 Å². The Balaban J connectivity index is 1.86. The van der Waals surface area contributed by atoms with Gasteiger partial charge in [0.05, 0.1) is 17.3 Å². The van der Waals surface area contributed by atoms with Crippen molar-refractivity contribution in [2.75, 3.05) is 25.5 Å². The molecule has 1 saturated heterocycles. The fraction of sp³-hybridized carbons (Fsp3) is 0.455. The molecule has 1 N–H and O–H groups in total. The molecule has 0 aromatic carbocycles. The Kier molecular flexibility index (Phi) is 7.10. The zero-order valence-electron chi connectivity index (χ0n) is 18.3. The highest BCUT2D eigenvalue weighted by Crippen LogP contribution is 2.24. The number of nitrogens with zero attached hydrogens (tertiary/aromatic N) is 6. The summed E-state index contributed by atoms with van der Waals surface area (Å²) in [6.45, 7) is 8.96. The highest BCUT2D eigenvalue weighted by atomic mass is 19.1. The van der Waals surface area contributed by atoms with Crippen molar-refractivity contribution in [2.24, 2.45) is 9.98 Å². The second-order valence-electron chi connectivity index (χ2n) is 7.52. The van der Waals surface area contributed by atoms with Gasteiger partial charge in [0.15, 0.2) is 0 Å². The van der Waals surface area contributed by atoms with Gasteiger partial charge in [-0.2, -0.15) is 0 Å². The van der Waals surface area contributed by atoms with Gasteiger partial charge in [0.25, 0.3) is 0 Å². The molecule has 2 aromatic heterocycles. The molecule has 1 aliphatic heterocycles. The number of aromatic nitrogens is 3. The molecule has 7 nitrogen and oxygen atoms in total. The summed E-state index contributed by atoms with van der Waals surface area (Å²) in [5.41, 5.74) is 3.68. The minimum atomic E-state index is -0.943. The lowest BCUT2D eigenvalue weighted by atomic mass is 10.0. The molecule has 1 aliphatic rings. The number of hydrogen-bond acceptors (Lipinski definition) is 5. The predicted octanol–water partition coefficient (Wildman–Crippen LogP) is 3.92. The molecule has 0 radical (unpaired) electrons. The summed E-state index contributed by atoms with van der Waals surface area (Å²) < 4.78 is 16.2. The average molecular weight is 412 g/mol. The number of aryl methyl sites for hydroxylation is 1. The van der Waals surface area contributed by atoms with Gasteiger partial charge in [-0.3, -0.25) is 0 Å². The largest absolute Gasteiger partial charge is 0.347 e. The Hall–Kier alpha value is -2.87. The molecule has 0 bridgehead atoms. The van der Waals surface area contributed by atoms with Gasteiger partial charge in [0, 0.05) is 37.3 Å². The first-order chi connectivity index (χ1) is 14.4. The van der Waals surface area contributed by atoms with E-state index in [1.54, 1.807) is 16.9 Å². The van der Waals surface area contributed by atoms with Crippen molar-refractivity contribution >= 4 is 29.1 Å². The molecule has 3 heterocycles. The van der Waals surface area contributed by atoms with E-state index in [9.17, 15) is 4.39 Å². The number of aliphatic imine (C=N–C) groups is 2. The number of piperidine rings is 1. The number of fused-ring (bicyclic) bond motifs is 1. The van der Waals surface area contributed by atoms with Crippen LogP contribution in [-0.2, 0) is 0 Å². The van der Waals surface area contributed by atoms with Gasteiger partial charge in [-0.25, -0.2) is 23.9 Å². The molecular formula is C22H30FN7. The highest BCUT2D eigenvalue weighted by molar-refractivity contribution is 6.15. The molecule has 160 valence electrons. The third-order valence-corrected chi connectivity index (χ3v) is 5.17. The summed E-state index contributed by atoms with van der Waals surface area (Å²) in [6.07, 6.45) is 9.05. The third-order valence-electron chi connectivity index (χ3n) is 5.17. The lowest BCUT2D eigenvalue weighted by Gasteiger charge is -2.32. The van der Waals surface area contributed by atoms with E-state index in [4.69, 9.17) is 0 Å². The minimum Gasteiger partial charge on any atom is -0.347 e. The van der Waals surface area contributed by atoms with E-state index in [1.807, 2.05) is 64.1 Å². The van der Waals surface area contributed by atoms with E-state index in [0.29, 0.717) is 18.3 Å². The van der Waals surface area contributed by atoms with Crippen molar-refractivity contribution in [3.63, 3.8) is 0 Å². The zero-order chi connectivity index (χ0) is 21.7. The van der Waals surface area contributed by atoms with Crippen LogP contribution in [-0.4, -0.2) is 63.9 Å². The van der Waals surface area contributed by atoms with Gasteiger partial charge in [-0.15, -0.1) is 5.10 Å². The molecule has 3 rings (SSSR count). The fourth-order valence-corrected chi connectivity index (χ4v) is 3.56. The SMILES string of the molecule is C/C=C\N=C(C)N=C/C(=C\C)c1ccn2nc(NC3CCN(C)CC3F)nc(C)c12. The van der Waals surface area contributed by atoms with E-state index in [0.717, 1.165) is 35.3 Å². The van der Waals surface area contributed by atoms with Crippen LogP contribution in [0.1, 0.15) is 38.4 Å². The standard InChI is InChI=1S/C22H30FN7/c1-6-10-24-16(4)25-13-17(7-2)18-8-12-30-21(18)15(3)26-22(28-30)27-20-9-11-29(5)14-19(20)23/h6-8,10,12-13,19-20H,9,11,14H2,1-5H3,(H,27,28)/b10-6-,17-7+,24-16?,25-13?. The Bertz CT molecular complexity index is 1000. The first-order valence-corrected chi connectivity index (χ1v) is 10.2. The zero-order valence-corrected chi connectivity index (χ0v) is 18.3. The average Bonchev–Trinajstić information content (AvgIpc) is 3.13. The lowest BCUT2D eigenvalue weighted by molar-refractivity contribution is 0.149. The van der Waals surface area contributed by atoms with Crippen molar-refractivity contribution < 1.29 is 4.39 Å². The predicted molar refractivity (Wildman–Crippen MR) is 122 cm³/mol. The van der Waals surface area contributed by atoms with E-state index >= 15 is 0 Å². The number of hydrogen-bond donors (Lipinski definition) is 1. The first kappa shape index (κ1) is 21.8. The molecule has 8 heteroatoms. The molecule has 0 amide bonds. The summed E-state index contributed by atoms with van der Waals surface area (Å²) in [4.78, 5) is 15.3. The van der Waals surface area contributed by atoms with Crippen LogP contribution in [0.5, 0.6) is 0 Å². The maximum absolute atomic E-state index is 14.4. The summed E-state index contributed by atoms with van der Waals surface area (Å²) in [5.74, 6) is 1.12. The highest BCUT2D eigenvalue weighted by Gasteiger charge is 2.28. The monoisotopic (exact) mass is 411 g/mol. The number of anilines is 1. The van der Waals surface area contributed by atoms with Crippen molar-refractivity contribution in [3.8, 4) is 0 Å². The topological polar surface area (TPSA) is 70.2 Å². The van der Waals surface area contributed by atoms with Crippen LogP contribution >= 0.6 is 0 Å². The van der Waals surface area contributed by atoms with Crippen LogP contribution in [0.3, 0.4) is 0 Å². The fourth-order valence-electron chi connectivity index (χ4n) is 3.56. The molecule has 0 aliphatic carbocycles. The van der Waals surface area contributed by atoms with Crippen molar-refractivity contribution in [2.45, 2.75) is 46.3 Å². The summed E-state index contributed by atoms with van der Waals surface area (Å²) >= 11 is 0. The summed E-state index contributed by atoms with van der Waals surface area (Å²) in [5, 5.41) is 7.75. The van der Waals surface area contributed by atoms with Crippen LogP contribution in [0, 0.1) is 6.92 Å². The van der Waals surface area contributed by atoms with Crippen LogP contribution in [0.25, 0.3) is 11.1 Å². The molecule has 2 atom stereocenters. The van der Waals surface area contributed by atoms with Gasteiger partial charge in [0.1, 0.15) is 12.0 Å². The van der Waals surface area contributed by atoms with Gasteiger partial charge < -0.3 is 10.2 Å². The van der Waals surface area contributed by atoms with Crippen molar-refractivity contribution in [1.82, 2.24) is 19.5 Å². The first-order valence-electron chi connectivity index (χ1n) is 10.2. The van der Waals surface area contributed by atoms with Gasteiger partial charge in [0.2, 0.25) is 5.95 Å². The van der Waals surface area contributed by atoms with Gasteiger partial charge in [-0.05, 0) is 52.8 Å². The number of amidine groups is 1. The maximum Gasteiger partial charge on any atom is 0.241 e. The maximum atomic E-state index is 14.4. The summed E-state index contributed by atoms with van der Waals surface area (Å²) in [6, 6.07) is 1.72. The van der Waals surface area contributed by atoms with E-state index in [-0.39, 0.29) is 6.04 Å². The van der Waals surface area contributed by atoms with Crippen LogP contribution in [0.2, 0.25) is 0 Å². The number of halogens is 1. The van der Waals surface area contributed by atoms with Crippen molar-refractivity contribution in [1.29, 1.82) is 0 Å². The second-order valence-corrected chi connectivity index (χ2v) is 7.52. The Morgan fingerprint density at radius 3 is 2.87 bits per heavy atom. The van der Waals surface area contributed by atoms with E-state index in [2.05, 4.69) is 25.4 Å². The van der Waals surface area contributed by atoms with Gasteiger partial charge in [-0.1, -0.05) is 12.2 Å². The lowest BCUT2D eigenvalue weighted by Crippen LogP contribution is -2.46. The van der Waals surface area contributed by atoms with Crippen LogP contribution in [0.15, 0.2) is 40.6 Å². The number of nitrogens with one attached hydrogen (secondary N) is 1. The molecular weight excluding hydrogens is 381 g/mol. The van der Waals surface area contributed by atoms with E-state index in [1.165, 1.54) is 0 Å². The Morgan fingerprint density at radius 1 is 1.37 bits per heavy atom. The normalized spacial score (nSPS) is 21.9. The Labute approximate surface area is 177 Å². The quantitative estimate of drug-likeness (QED) is 0.598. The van der Waals surface area contributed by atoms with Crippen LogP contribution < -0.4 is 5.32 Å².